The lowest BCUT2D eigenvalue weighted by Gasteiger charge is -2.33. The molecular formula is C21H35N2O+. The third-order valence-electron chi connectivity index (χ3n) is 6.08. The SMILES string of the molecule is CC[C@H](C)c1ccccc1NC(=O)[C@@H](C)[NH2+][C@@H]1CCC[C@H](C)[C@@H]1C. The van der Waals surface area contributed by atoms with Crippen molar-refractivity contribution < 1.29 is 10.1 Å². The van der Waals surface area contributed by atoms with Gasteiger partial charge in [-0.25, -0.2) is 0 Å². The zero-order chi connectivity index (χ0) is 17.7. The van der Waals surface area contributed by atoms with Crippen molar-refractivity contribution in [1.29, 1.82) is 0 Å². The minimum Gasteiger partial charge on any atom is -0.334 e. The first-order valence-electron chi connectivity index (χ1n) is 9.68. The largest absolute Gasteiger partial charge is 0.334 e. The van der Waals surface area contributed by atoms with Gasteiger partial charge in [-0.1, -0.05) is 45.9 Å². The summed E-state index contributed by atoms with van der Waals surface area (Å²) in [7, 11) is 0. The van der Waals surface area contributed by atoms with E-state index in [2.05, 4.69) is 50.5 Å². The van der Waals surface area contributed by atoms with Crippen molar-refractivity contribution in [3.05, 3.63) is 29.8 Å². The number of rotatable bonds is 6. The number of nitrogens with two attached hydrogens (primary N) is 1. The van der Waals surface area contributed by atoms with Crippen molar-refractivity contribution in [3.63, 3.8) is 0 Å². The van der Waals surface area contributed by atoms with Gasteiger partial charge in [-0.05, 0) is 56.1 Å². The molecule has 3 heteroatoms. The predicted molar refractivity (Wildman–Crippen MR) is 101 cm³/mol. The molecule has 3 N–H and O–H groups in total. The van der Waals surface area contributed by atoms with Crippen LogP contribution >= 0.6 is 0 Å². The van der Waals surface area contributed by atoms with Gasteiger partial charge in [0.2, 0.25) is 0 Å². The first kappa shape index (κ1) is 19.0. The second-order valence-electron chi connectivity index (χ2n) is 7.80. The minimum absolute atomic E-state index is 0.0484. The lowest BCUT2D eigenvalue weighted by Crippen LogP contribution is -2.97. The Morgan fingerprint density at radius 3 is 2.67 bits per heavy atom. The average molecular weight is 332 g/mol. The maximum absolute atomic E-state index is 12.7. The molecule has 1 fully saturated rings. The third-order valence-corrected chi connectivity index (χ3v) is 6.08. The highest BCUT2D eigenvalue weighted by Gasteiger charge is 2.32. The fourth-order valence-electron chi connectivity index (χ4n) is 3.86. The fraction of sp³-hybridized carbons (Fsp3) is 0.667. The van der Waals surface area contributed by atoms with Gasteiger partial charge in [0.05, 0.1) is 6.04 Å². The number of benzene rings is 1. The Morgan fingerprint density at radius 1 is 1.25 bits per heavy atom. The van der Waals surface area contributed by atoms with Crippen molar-refractivity contribution >= 4 is 11.6 Å². The van der Waals surface area contributed by atoms with Gasteiger partial charge in [0.15, 0.2) is 6.04 Å². The van der Waals surface area contributed by atoms with Crippen LogP contribution in [-0.2, 0) is 4.79 Å². The molecule has 0 heterocycles. The van der Waals surface area contributed by atoms with E-state index in [1.807, 2.05) is 19.1 Å². The molecule has 0 bridgehead atoms. The van der Waals surface area contributed by atoms with Crippen molar-refractivity contribution in [3.8, 4) is 0 Å². The number of para-hydroxylation sites is 1. The zero-order valence-electron chi connectivity index (χ0n) is 16.0. The first-order valence-corrected chi connectivity index (χ1v) is 9.68. The van der Waals surface area contributed by atoms with Crippen molar-refractivity contribution in [2.75, 3.05) is 5.32 Å². The quantitative estimate of drug-likeness (QED) is 0.815. The molecule has 1 aliphatic carbocycles. The molecule has 0 aromatic heterocycles. The molecule has 24 heavy (non-hydrogen) atoms. The summed E-state index contributed by atoms with van der Waals surface area (Å²) < 4.78 is 0. The van der Waals surface area contributed by atoms with Gasteiger partial charge in [0.1, 0.15) is 0 Å². The second-order valence-corrected chi connectivity index (χ2v) is 7.80. The number of anilines is 1. The van der Waals surface area contributed by atoms with Crippen LogP contribution in [0.1, 0.15) is 71.8 Å². The molecule has 134 valence electrons. The number of amides is 1. The lowest BCUT2D eigenvalue weighted by molar-refractivity contribution is -0.715. The summed E-state index contributed by atoms with van der Waals surface area (Å²) in [4.78, 5) is 12.7. The molecule has 5 atom stereocenters. The maximum Gasteiger partial charge on any atom is 0.282 e. The van der Waals surface area contributed by atoms with Gasteiger partial charge in [-0.3, -0.25) is 4.79 Å². The van der Waals surface area contributed by atoms with Gasteiger partial charge < -0.3 is 10.6 Å². The van der Waals surface area contributed by atoms with E-state index in [0.717, 1.165) is 18.0 Å². The molecule has 0 radical (unpaired) electrons. The Kier molecular flexibility index (Phi) is 6.85. The summed E-state index contributed by atoms with van der Waals surface area (Å²) in [5, 5.41) is 5.46. The molecule has 0 aliphatic heterocycles. The molecule has 3 nitrogen and oxygen atoms in total. The topological polar surface area (TPSA) is 45.7 Å². The molecule has 2 rings (SSSR count). The van der Waals surface area contributed by atoms with Gasteiger partial charge >= 0.3 is 0 Å². The lowest BCUT2D eigenvalue weighted by atomic mass is 9.78. The number of carbonyl (C=O) groups excluding carboxylic acids is 1. The van der Waals surface area contributed by atoms with Crippen LogP contribution < -0.4 is 10.6 Å². The third kappa shape index (κ3) is 4.60. The fourth-order valence-corrected chi connectivity index (χ4v) is 3.86. The Bertz CT molecular complexity index is 542. The number of hydrogen-bond donors (Lipinski definition) is 2. The average Bonchev–Trinajstić information content (AvgIpc) is 2.58. The van der Waals surface area contributed by atoms with E-state index in [9.17, 15) is 4.79 Å². The van der Waals surface area contributed by atoms with E-state index < -0.39 is 0 Å². The predicted octanol–water partition coefficient (Wildman–Crippen LogP) is 3.92. The summed E-state index contributed by atoms with van der Waals surface area (Å²) in [6.07, 6.45) is 4.92. The van der Waals surface area contributed by atoms with Gasteiger partial charge in [-0.15, -0.1) is 0 Å². The van der Waals surface area contributed by atoms with Crippen LogP contribution in [-0.4, -0.2) is 18.0 Å². The van der Waals surface area contributed by atoms with Crippen molar-refractivity contribution in [2.24, 2.45) is 11.8 Å². The van der Waals surface area contributed by atoms with E-state index >= 15 is 0 Å². The van der Waals surface area contributed by atoms with Crippen molar-refractivity contribution in [2.45, 2.75) is 78.3 Å². The summed E-state index contributed by atoms with van der Waals surface area (Å²) >= 11 is 0. The van der Waals surface area contributed by atoms with E-state index in [0.29, 0.717) is 17.9 Å². The summed E-state index contributed by atoms with van der Waals surface area (Å²) in [6.45, 7) is 11.1. The molecule has 0 spiro atoms. The maximum atomic E-state index is 12.7. The van der Waals surface area contributed by atoms with Crippen LogP contribution in [0.3, 0.4) is 0 Å². The number of carbonyl (C=O) groups is 1. The summed E-state index contributed by atoms with van der Waals surface area (Å²) in [5.41, 5.74) is 2.21. The summed E-state index contributed by atoms with van der Waals surface area (Å²) in [6, 6.07) is 8.73. The van der Waals surface area contributed by atoms with Crippen LogP contribution in [0, 0.1) is 11.8 Å². The van der Waals surface area contributed by atoms with E-state index in [1.165, 1.54) is 24.8 Å². The monoisotopic (exact) mass is 331 g/mol. The molecule has 1 saturated carbocycles. The number of hydrogen-bond acceptors (Lipinski definition) is 1. The number of quaternary nitrogens is 1. The van der Waals surface area contributed by atoms with Crippen molar-refractivity contribution in [1.82, 2.24) is 0 Å². The molecule has 1 amide bonds. The highest BCUT2D eigenvalue weighted by atomic mass is 16.2. The van der Waals surface area contributed by atoms with Gasteiger partial charge in [0, 0.05) is 11.6 Å². The van der Waals surface area contributed by atoms with Gasteiger partial charge in [0.25, 0.3) is 5.91 Å². The Balaban J connectivity index is 1.99. The van der Waals surface area contributed by atoms with E-state index in [-0.39, 0.29) is 11.9 Å². The molecule has 0 unspecified atom stereocenters. The van der Waals surface area contributed by atoms with Crippen LogP contribution in [0.4, 0.5) is 5.69 Å². The molecule has 1 aromatic rings. The minimum atomic E-state index is -0.0484. The Morgan fingerprint density at radius 2 is 1.96 bits per heavy atom. The van der Waals surface area contributed by atoms with Crippen LogP contribution in [0.2, 0.25) is 0 Å². The van der Waals surface area contributed by atoms with Crippen LogP contribution in [0.5, 0.6) is 0 Å². The highest BCUT2D eigenvalue weighted by molar-refractivity contribution is 5.94. The molecule has 1 aromatic carbocycles. The number of nitrogens with one attached hydrogen (secondary N) is 1. The molecule has 0 saturated heterocycles. The molecular weight excluding hydrogens is 296 g/mol. The molecule has 1 aliphatic rings. The zero-order valence-corrected chi connectivity index (χ0v) is 16.0. The van der Waals surface area contributed by atoms with E-state index in [4.69, 9.17) is 0 Å². The van der Waals surface area contributed by atoms with Crippen LogP contribution in [0.25, 0.3) is 0 Å². The smallest absolute Gasteiger partial charge is 0.282 e. The summed E-state index contributed by atoms with van der Waals surface area (Å²) in [5.74, 6) is 2.03. The Hall–Kier alpha value is -1.35. The first-order chi connectivity index (χ1) is 11.4. The second kappa shape index (κ2) is 8.66. The van der Waals surface area contributed by atoms with E-state index in [1.54, 1.807) is 0 Å². The highest BCUT2D eigenvalue weighted by Crippen LogP contribution is 2.28. The van der Waals surface area contributed by atoms with Gasteiger partial charge in [-0.2, -0.15) is 0 Å². The normalized spacial score (nSPS) is 26.6. The van der Waals surface area contributed by atoms with Crippen LogP contribution in [0.15, 0.2) is 24.3 Å². The Labute approximate surface area is 147 Å². The standard InChI is InChI=1S/C21H34N2O/c1-6-14(2)18-11-7-8-12-20(18)23-21(24)17(5)22-19-13-9-10-15(3)16(19)4/h7-8,11-12,14-17,19,22H,6,9-10,13H2,1-5H3,(H,23,24)/p+1/t14-,15-,16-,17+,19+/m0/s1.